The fourth-order valence-electron chi connectivity index (χ4n) is 1.27. The Kier molecular flexibility index (Phi) is 5.05. The van der Waals surface area contributed by atoms with Crippen LogP contribution in [-0.4, -0.2) is 19.0 Å². The molecule has 0 aliphatic heterocycles. The Hall–Kier alpha value is -1.29. The fourth-order valence-corrected chi connectivity index (χ4v) is 1.27. The number of ether oxygens (including phenoxy) is 1. The first kappa shape index (κ1) is 12.8. The molecule has 0 saturated heterocycles. The first-order valence-electron chi connectivity index (χ1n) is 5.21. The Balaban J connectivity index is 2.56. The maximum absolute atomic E-state index is 13.2. The van der Waals surface area contributed by atoms with Gasteiger partial charge in [0.25, 0.3) is 0 Å². The molecule has 0 aliphatic rings. The summed E-state index contributed by atoms with van der Waals surface area (Å²) < 4.78 is 31.1. The molecular formula is C12H14F2O2. The normalized spacial score (nSPS) is 10.4. The first-order valence-corrected chi connectivity index (χ1v) is 5.21. The van der Waals surface area contributed by atoms with Crippen molar-refractivity contribution in [2.75, 3.05) is 13.2 Å². The summed E-state index contributed by atoms with van der Waals surface area (Å²) in [7, 11) is 0. The molecule has 1 rings (SSSR count). The summed E-state index contributed by atoms with van der Waals surface area (Å²) in [4.78, 5) is 11.5. The van der Waals surface area contributed by atoms with Crippen molar-refractivity contribution in [3.63, 3.8) is 0 Å². The summed E-state index contributed by atoms with van der Waals surface area (Å²) in [6.07, 6.45) is 0.933. The van der Waals surface area contributed by atoms with Crippen LogP contribution >= 0.6 is 0 Å². The summed E-state index contributed by atoms with van der Waals surface area (Å²) in [5.74, 6) is -2.52. The Morgan fingerprint density at radius 2 is 2.06 bits per heavy atom. The van der Waals surface area contributed by atoms with Gasteiger partial charge in [0.05, 0.1) is 12.2 Å². The summed E-state index contributed by atoms with van der Waals surface area (Å²) in [6.45, 7) is 2.76. The number of carbonyl (C=O) groups is 1. The van der Waals surface area contributed by atoms with Crippen molar-refractivity contribution >= 4 is 5.78 Å². The molecule has 88 valence electrons. The highest BCUT2D eigenvalue weighted by Crippen LogP contribution is 2.13. The van der Waals surface area contributed by atoms with Gasteiger partial charge in [-0.3, -0.25) is 4.79 Å². The van der Waals surface area contributed by atoms with Crippen molar-refractivity contribution in [2.24, 2.45) is 0 Å². The quantitative estimate of drug-likeness (QED) is 0.552. The molecular weight excluding hydrogens is 214 g/mol. The van der Waals surface area contributed by atoms with Crippen LogP contribution in [0.1, 0.15) is 30.1 Å². The third-order valence-electron chi connectivity index (χ3n) is 2.07. The van der Waals surface area contributed by atoms with Crippen molar-refractivity contribution in [2.45, 2.75) is 19.8 Å². The van der Waals surface area contributed by atoms with Gasteiger partial charge < -0.3 is 4.74 Å². The third-order valence-corrected chi connectivity index (χ3v) is 2.07. The average molecular weight is 228 g/mol. The second kappa shape index (κ2) is 6.33. The summed E-state index contributed by atoms with van der Waals surface area (Å²) in [6, 6.07) is 3.58. The highest BCUT2D eigenvalue weighted by molar-refractivity contribution is 5.96. The van der Waals surface area contributed by atoms with Gasteiger partial charge in [-0.25, -0.2) is 8.78 Å². The van der Waals surface area contributed by atoms with Crippen LogP contribution in [0.5, 0.6) is 0 Å². The molecule has 0 fully saturated rings. The van der Waals surface area contributed by atoms with Crippen LogP contribution in [0, 0.1) is 11.6 Å². The van der Waals surface area contributed by atoms with E-state index in [1.54, 1.807) is 0 Å². The Morgan fingerprint density at radius 3 is 2.75 bits per heavy atom. The van der Waals surface area contributed by atoms with E-state index in [4.69, 9.17) is 4.74 Å². The highest BCUT2D eigenvalue weighted by atomic mass is 19.2. The van der Waals surface area contributed by atoms with Gasteiger partial charge in [-0.1, -0.05) is 13.0 Å². The zero-order valence-electron chi connectivity index (χ0n) is 9.13. The molecule has 0 aromatic heterocycles. The van der Waals surface area contributed by atoms with E-state index in [0.717, 1.165) is 12.5 Å². The van der Waals surface area contributed by atoms with E-state index in [0.29, 0.717) is 6.61 Å². The number of hydrogen-bond acceptors (Lipinski definition) is 2. The topological polar surface area (TPSA) is 26.3 Å². The lowest BCUT2D eigenvalue weighted by Gasteiger charge is -2.04. The van der Waals surface area contributed by atoms with Crippen LogP contribution in [0.2, 0.25) is 0 Å². The molecule has 0 atom stereocenters. The number of rotatable bonds is 6. The molecule has 0 spiro atoms. The van der Waals surface area contributed by atoms with Gasteiger partial charge in [0.2, 0.25) is 0 Å². The molecule has 2 nitrogen and oxygen atoms in total. The SMILES string of the molecule is CCCOCCC(=O)c1cccc(F)c1F. The van der Waals surface area contributed by atoms with E-state index in [2.05, 4.69) is 0 Å². The van der Waals surface area contributed by atoms with Gasteiger partial charge in [0.15, 0.2) is 17.4 Å². The molecule has 0 radical (unpaired) electrons. The van der Waals surface area contributed by atoms with Crippen LogP contribution < -0.4 is 0 Å². The van der Waals surface area contributed by atoms with Crippen LogP contribution in [0.25, 0.3) is 0 Å². The van der Waals surface area contributed by atoms with Crippen molar-refractivity contribution in [1.82, 2.24) is 0 Å². The average Bonchev–Trinajstić information content (AvgIpc) is 2.28. The number of ketones is 1. The predicted octanol–water partition coefficient (Wildman–Crippen LogP) is 2.96. The van der Waals surface area contributed by atoms with Crippen molar-refractivity contribution in [3.8, 4) is 0 Å². The third kappa shape index (κ3) is 3.38. The first-order chi connectivity index (χ1) is 7.66. The zero-order chi connectivity index (χ0) is 12.0. The van der Waals surface area contributed by atoms with E-state index in [9.17, 15) is 13.6 Å². The monoisotopic (exact) mass is 228 g/mol. The molecule has 0 bridgehead atoms. The molecule has 0 N–H and O–H groups in total. The number of Topliss-reactive ketones (excluding diaryl/α,β-unsaturated/α-hetero) is 1. The number of halogens is 2. The number of hydrogen-bond donors (Lipinski definition) is 0. The number of carbonyl (C=O) groups excluding carboxylic acids is 1. The van der Waals surface area contributed by atoms with Crippen LogP contribution in [0.15, 0.2) is 18.2 Å². The summed E-state index contributed by atoms with van der Waals surface area (Å²) in [5, 5.41) is 0. The van der Waals surface area contributed by atoms with E-state index in [-0.39, 0.29) is 18.6 Å². The zero-order valence-corrected chi connectivity index (χ0v) is 9.13. The minimum absolute atomic E-state index is 0.0698. The molecule has 0 amide bonds. The smallest absolute Gasteiger partial charge is 0.169 e. The molecule has 1 aromatic rings. The molecule has 1 aromatic carbocycles. The second-order valence-electron chi connectivity index (χ2n) is 3.39. The van der Waals surface area contributed by atoms with Gasteiger partial charge in [-0.05, 0) is 18.6 Å². The minimum Gasteiger partial charge on any atom is -0.381 e. The maximum Gasteiger partial charge on any atom is 0.169 e. The molecule has 16 heavy (non-hydrogen) atoms. The summed E-state index contributed by atoms with van der Waals surface area (Å²) >= 11 is 0. The van der Waals surface area contributed by atoms with Gasteiger partial charge in [0.1, 0.15) is 0 Å². The lowest BCUT2D eigenvalue weighted by molar-refractivity contribution is 0.0874. The minimum atomic E-state index is -1.08. The van der Waals surface area contributed by atoms with Gasteiger partial charge in [-0.15, -0.1) is 0 Å². The van der Waals surface area contributed by atoms with Crippen LogP contribution in [-0.2, 0) is 4.74 Å². The van der Waals surface area contributed by atoms with Gasteiger partial charge in [-0.2, -0.15) is 0 Å². The Morgan fingerprint density at radius 1 is 1.31 bits per heavy atom. The van der Waals surface area contributed by atoms with Crippen molar-refractivity contribution in [3.05, 3.63) is 35.4 Å². The van der Waals surface area contributed by atoms with E-state index in [1.165, 1.54) is 12.1 Å². The van der Waals surface area contributed by atoms with Crippen molar-refractivity contribution in [1.29, 1.82) is 0 Å². The molecule has 0 aliphatic carbocycles. The van der Waals surface area contributed by atoms with E-state index < -0.39 is 17.4 Å². The van der Waals surface area contributed by atoms with Crippen LogP contribution in [0.3, 0.4) is 0 Å². The largest absolute Gasteiger partial charge is 0.381 e. The summed E-state index contributed by atoms with van der Waals surface area (Å²) in [5.41, 5.74) is -0.208. The van der Waals surface area contributed by atoms with Crippen LogP contribution in [0.4, 0.5) is 8.78 Å². The van der Waals surface area contributed by atoms with Crippen molar-refractivity contribution < 1.29 is 18.3 Å². The maximum atomic E-state index is 13.2. The highest BCUT2D eigenvalue weighted by Gasteiger charge is 2.14. The number of benzene rings is 1. The lowest BCUT2D eigenvalue weighted by atomic mass is 10.1. The molecule has 0 saturated carbocycles. The fraction of sp³-hybridized carbons (Fsp3) is 0.417. The van der Waals surface area contributed by atoms with E-state index in [1.807, 2.05) is 6.92 Å². The Bertz CT molecular complexity index is 364. The Labute approximate surface area is 93.2 Å². The van der Waals surface area contributed by atoms with Gasteiger partial charge in [0, 0.05) is 13.0 Å². The lowest BCUT2D eigenvalue weighted by Crippen LogP contribution is -2.08. The molecule has 0 heterocycles. The van der Waals surface area contributed by atoms with E-state index >= 15 is 0 Å². The molecule has 4 heteroatoms. The second-order valence-corrected chi connectivity index (χ2v) is 3.39. The predicted molar refractivity (Wildman–Crippen MR) is 56.4 cm³/mol. The van der Waals surface area contributed by atoms with Gasteiger partial charge >= 0.3 is 0 Å². The standard InChI is InChI=1S/C12H14F2O2/c1-2-7-16-8-6-11(15)9-4-3-5-10(13)12(9)14/h3-5H,2,6-8H2,1H3. The molecule has 0 unspecified atom stereocenters.